The molecule has 0 aliphatic heterocycles. The molecule has 2 unspecified atom stereocenters. The molecule has 0 heterocycles. The lowest BCUT2D eigenvalue weighted by atomic mass is 9.81. The van der Waals surface area contributed by atoms with Gasteiger partial charge in [0.15, 0.2) is 11.5 Å². The number of benzene rings is 3. The van der Waals surface area contributed by atoms with Gasteiger partial charge in [-0.2, -0.15) is 13.2 Å². The number of ether oxygens (including phenoxy) is 3. The Balaban J connectivity index is 2.05. The van der Waals surface area contributed by atoms with Crippen molar-refractivity contribution in [2.45, 2.75) is 46.0 Å². The van der Waals surface area contributed by atoms with Gasteiger partial charge < -0.3 is 19.9 Å². The van der Waals surface area contributed by atoms with Crippen molar-refractivity contribution in [2.75, 3.05) is 0 Å². The minimum absolute atomic E-state index is 0.00115. The van der Waals surface area contributed by atoms with E-state index in [2.05, 4.69) is 0 Å². The van der Waals surface area contributed by atoms with Gasteiger partial charge in [-0.15, -0.1) is 0 Å². The second kappa shape index (κ2) is 11.7. The third-order valence-corrected chi connectivity index (χ3v) is 5.79. The minimum atomic E-state index is -5.26. The van der Waals surface area contributed by atoms with Crippen LogP contribution in [0.3, 0.4) is 0 Å². The first kappa shape index (κ1) is 29.4. The SMILES string of the molecule is Cc1ccc(C(=O)Oc2cc(C(OC(=O)C(F)(F)F)C(N)C(C)(C)C)ccc2OC(=O)c2ccccc2)cc1. The van der Waals surface area contributed by atoms with Gasteiger partial charge in [0.05, 0.1) is 17.2 Å². The third kappa shape index (κ3) is 7.67. The molecule has 39 heavy (non-hydrogen) atoms. The van der Waals surface area contributed by atoms with Crippen molar-refractivity contribution in [2.24, 2.45) is 11.1 Å². The largest absolute Gasteiger partial charge is 0.490 e. The van der Waals surface area contributed by atoms with E-state index in [-0.39, 0.29) is 28.2 Å². The van der Waals surface area contributed by atoms with Crippen LogP contribution in [-0.2, 0) is 9.53 Å². The molecule has 0 amide bonds. The topological polar surface area (TPSA) is 105 Å². The van der Waals surface area contributed by atoms with Crippen LogP contribution in [0.2, 0.25) is 0 Å². The molecule has 0 saturated heterocycles. The normalized spacial score (nSPS) is 13.2. The first-order chi connectivity index (χ1) is 18.2. The summed E-state index contributed by atoms with van der Waals surface area (Å²) in [5.41, 5.74) is 6.73. The van der Waals surface area contributed by atoms with Crippen molar-refractivity contribution < 1.29 is 41.8 Å². The zero-order valence-corrected chi connectivity index (χ0v) is 21.7. The lowest BCUT2D eigenvalue weighted by Crippen LogP contribution is -2.43. The Morgan fingerprint density at radius 1 is 0.769 bits per heavy atom. The fraction of sp³-hybridized carbons (Fsp3) is 0.276. The van der Waals surface area contributed by atoms with Gasteiger partial charge in [0.1, 0.15) is 6.10 Å². The summed E-state index contributed by atoms with van der Waals surface area (Å²) in [6, 6.07) is 17.0. The summed E-state index contributed by atoms with van der Waals surface area (Å²) in [5, 5.41) is 0. The van der Waals surface area contributed by atoms with E-state index in [1.807, 2.05) is 6.92 Å². The van der Waals surface area contributed by atoms with E-state index in [1.165, 1.54) is 42.5 Å². The van der Waals surface area contributed by atoms with Crippen LogP contribution in [0.4, 0.5) is 13.2 Å². The highest BCUT2D eigenvalue weighted by molar-refractivity contribution is 5.93. The molecule has 10 heteroatoms. The third-order valence-electron chi connectivity index (χ3n) is 5.79. The molecule has 0 aliphatic rings. The Morgan fingerprint density at radius 3 is 1.85 bits per heavy atom. The molecule has 0 radical (unpaired) electrons. The molecule has 2 N–H and O–H groups in total. The van der Waals surface area contributed by atoms with E-state index in [0.717, 1.165) is 5.56 Å². The van der Waals surface area contributed by atoms with Crippen molar-refractivity contribution in [3.8, 4) is 11.5 Å². The first-order valence-corrected chi connectivity index (χ1v) is 11.9. The maximum atomic E-state index is 13.1. The standard InChI is InChI=1S/C29H28F3NO6/c1-17-10-12-19(13-11-17)26(35)38-22-16-20(14-15-21(22)37-25(34)18-8-6-5-7-9-18)23(24(33)28(2,3)4)39-27(36)29(30,31)32/h5-16,23-24H,33H2,1-4H3. The van der Waals surface area contributed by atoms with E-state index < -0.39 is 41.6 Å². The summed E-state index contributed by atoms with van der Waals surface area (Å²) < 4.78 is 55.0. The number of alkyl halides is 3. The maximum Gasteiger partial charge on any atom is 0.490 e. The van der Waals surface area contributed by atoms with E-state index in [9.17, 15) is 27.6 Å². The number of carbonyl (C=O) groups is 3. The van der Waals surface area contributed by atoms with Gasteiger partial charge in [0.2, 0.25) is 0 Å². The molecule has 0 aliphatic carbocycles. The maximum absolute atomic E-state index is 13.1. The van der Waals surface area contributed by atoms with Gasteiger partial charge in [0, 0.05) is 0 Å². The number of carbonyl (C=O) groups excluding carboxylic acids is 3. The van der Waals surface area contributed by atoms with Crippen molar-refractivity contribution in [1.82, 2.24) is 0 Å². The quantitative estimate of drug-likeness (QED) is 0.290. The van der Waals surface area contributed by atoms with Gasteiger partial charge in [-0.05, 0) is 54.3 Å². The molecule has 7 nitrogen and oxygen atoms in total. The van der Waals surface area contributed by atoms with E-state index in [0.29, 0.717) is 0 Å². The van der Waals surface area contributed by atoms with Gasteiger partial charge in [-0.25, -0.2) is 14.4 Å². The summed E-state index contributed by atoms with van der Waals surface area (Å²) in [6.07, 6.45) is -6.84. The first-order valence-electron chi connectivity index (χ1n) is 11.9. The fourth-order valence-electron chi connectivity index (χ4n) is 3.43. The van der Waals surface area contributed by atoms with Crippen LogP contribution >= 0.6 is 0 Å². The number of aryl methyl sites for hydroxylation is 1. The summed E-state index contributed by atoms with van der Waals surface area (Å²) >= 11 is 0. The predicted molar refractivity (Wildman–Crippen MR) is 136 cm³/mol. The van der Waals surface area contributed by atoms with Crippen LogP contribution < -0.4 is 15.2 Å². The smallest absolute Gasteiger partial charge is 0.449 e. The average Bonchev–Trinajstić information content (AvgIpc) is 2.87. The van der Waals surface area contributed by atoms with Crippen molar-refractivity contribution in [1.29, 1.82) is 0 Å². The monoisotopic (exact) mass is 543 g/mol. The Bertz CT molecular complexity index is 1330. The van der Waals surface area contributed by atoms with Crippen LogP contribution in [0, 0.1) is 12.3 Å². The zero-order chi connectivity index (χ0) is 29.0. The van der Waals surface area contributed by atoms with E-state index in [1.54, 1.807) is 51.1 Å². The number of halogens is 3. The lowest BCUT2D eigenvalue weighted by molar-refractivity contribution is -0.207. The summed E-state index contributed by atoms with van der Waals surface area (Å²) in [7, 11) is 0. The minimum Gasteiger partial charge on any atom is -0.449 e. The van der Waals surface area contributed by atoms with Crippen molar-refractivity contribution in [3.05, 3.63) is 95.1 Å². The highest BCUT2D eigenvalue weighted by Crippen LogP contribution is 2.38. The Labute approximate surface area is 223 Å². The molecule has 0 fully saturated rings. The molecular weight excluding hydrogens is 515 g/mol. The lowest BCUT2D eigenvalue weighted by Gasteiger charge is -2.34. The van der Waals surface area contributed by atoms with Gasteiger partial charge in [-0.1, -0.05) is 62.7 Å². The average molecular weight is 544 g/mol. The van der Waals surface area contributed by atoms with E-state index in [4.69, 9.17) is 19.9 Å². The number of nitrogens with two attached hydrogens (primary N) is 1. The molecule has 3 rings (SSSR count). The molecule has 2 atom stereocenters. The number of hydrogen-bond donors (Lipinski definition) is 1. The van der Waals surface area contributed by atoms with Crippen LogP contribution in [0.1, 0.15) is 58.7 Å². The molecule has 0 aromatic heterocycles. The number of rotatable bonds is 7. The van der Waals surface area contributed by atoms with Crippen LogP contribution in [0.15, 0.2) is 72.8 Å². The van der Waals surface area contributed by atoms with Gasteiger partial charge in [-0.3, -0.25) is 0 Å². The van der Waals surface area contributed by atoms with Gasteiger partial charge in [0.25, 0.3) is 0 Å². The number of hydrogen-bond acceptors (Lipinski definition) is 7. The molecule has 0 bridgehead atoms. The van der Waals surface area contributed by atoms with Gasteiger partial charge >= 0.3 is 24.1 Å². The van der Waals surface area contributed by atoms with Crippen LogP contribution in [-0.4, -0.2) is 30.1 Å². The van der Waals surface area contributed by atoms with E-state index >= 15 is 0 Å². The second-order valence-electron chi connectivity index (χ2n) is 9.93. The van der Waals surface area contributed by atoms with Crippen LogP contribution in [0.25, 0.3) is 0 Å². The Morgan fingerprint density at radius 2 is 1.31 bits per heavy atom. The number of esters is 3. The molecule has 3 aromatic rings. The highest BCUT2D eigenvalue weighted by Gasteiger charge is 2.44. The molecule has 206 valence electrons. The predicted octanol–water partition coefficient (Wildman–Crippen LogP) is 5.95. The molecular formula is C29H28F3NO6. The summed E-state index contributed by atoms with van der Waals surface area (Å²) in [5.74, 6) is -4.46. The molecule has 3 aromatic carbocycles. The van der Waals surface area contributed by atoms with Crippen LogP contribution in [0.5, 0.6) is 11.5 Å². The molecule has 0 spiro atoms. The Kier molecular flexibility index (Phi) is 8.81. The van der Waals surface area contributed by atoms with Crippen molar-refractivity contribution in [3.63, 3.8) is 0 Å². The summed E-state index contributed by atoms with van der Waals surface area (Å²) in [6.45, 7) is 6.84. The molecule has 0 saturated carbocycles. The second-order valence-corrected chi connectivity index (χ2v) is 9.93. The fourth-order valence-corrected chi connectivity index (χ4v) is 3.43. The zero-order valence-electron chi connectivity index (χ0n) is 21.7. The summed E-state index contributed by atoms with van der Waals surface area (Å²) in [4.78, 5) is 37.4. The highest BCUT2D eigenvalue weighted by atomic mass is 19.4. The van der Waals surface area contributed by atoms with Crippen molar-refractivity contribution >= 4 is 17.9 Å². The Hall–Kier alpha value is -4.18.